The summed E-state index contributed by atoms with van der Waals surface area (Å²) in [5.41, 5.74) is 1.43. The lowest BCUT2D eigenvalue weighted by Crippen LogP contribution is -2.40. The number of aromatic nitrogens is 2. The first-order valence-corrected chi connectivity index (χ1v) is 7.98. The van der Waals surface area contributed by atoms with Crippen molar-refractivity contribution < 1.29 is 9.84 Å². The number of nitrogens with zero attached hydrogens (tertiary/aromatic N) is 2. The number of nitrogens with one attached hydrogen (secondary N) is 1. The Bertz CT molecular complexity index is 467. The Kier molecular flexibility index (Phi) is 5.12. The molecule has 0 spiro atoms. The second kappa shape index (κ2) is 6.65. The van der Waals surface area contributed by atoms with E-state index in [4.69, 9.17) is 4.74 Å². The SMILES string of the molecule is C=CCOc1c(CNCC2(O)CCSC2)c(C)nn1C. The zero-order valence-electron chi connectivity index (χ0n) is 12.2. The summed E-state index contributed by atoms with van der Waals surface area (Å²) in [5, 5.41) is 18.0. The second-order valence-corrected chi connectivity index (χ2v) is 6.33. The molecule has 2 heterocycles. The smallest absolute Gasteiger partial charge is 0.216 e. The van der Waals surface area contributed by atoms with Crippen LogP contribution in [0.4, 0.5) is 0 Å². The largest absolute Gasteiger partial charge is 0.473 e. The van der Waals surface area contributed by atoms with Crippen molar-refractivity contribution in [1.82, 2.24) is 15.1 Å². The molecule has 0 bridgehead atoms. The van der Waals surface area contributed by atoms with Crippen LogP contribution in [-0.4, -0.2) is 45.1 Å². The molecule has 1 unspecified atom stereocenters. The summed E-state index contributed by atoms with van der Waals surface area (Å²) in [4.78, 5) is 0. The van der Waals surface area contributed by atoms with Crippen molar-refractivity contribution in [3.63, 3.8) is 0 Å². The molecule has 0 saturated carbocycles. The molecule has 6 heteroatoms. The topological polar surface area (TPSA) is 59.3 Å². The van der Waals surface area contributed by atoms with Crippen molar-refractivity contribution >= 4 is 11.8 Å². The number of aliphatic hydroxyl groups is 1. The van der Waals surface area contributed by atoms with Crippen molar-refractivity contribution in [1.29, 1.82) is 0 Å². The monoisotopic (exact) mass is 297 g/mol. The maximum absolute atomic E-state index is 10.3. The van der Waals surface area contributed by atoms with Gasteiger partial charge in [0.1, 0.15) is 6.61 Å². The fourth-order valence-electron chi connectivity index (χ4n) is 2.36. The summed E-state index contributed by atoms with van der Waals surface area (Å²) in [5.74, 6) is 2.62. The Morgan fingerprint density at radius 1 is 1.65 bits per heavy atom. The van der Waals surface area contributed by atoms with Gasteiger partial charge in [-0.05, 0) is 19.1 Å². The Balaban J connectivity index is 1.96. The van der Waals surface area contributed by atoms with Crippen molar-refractivity contribution in [3.8, 4) is 5.88 Å². The van der Waals surface area contributed by atoms with Gasteiger partial charge in [0.15, 0.2) is 0 Å². The predicted octanol–water partition coefficient (Wildman–Crippen LogP) is 1.25. The molecular weight excluding hydrogens is 274 g/mol. The Morgan fingerprint density at radius 3 is 3.10 bits per heavy atom. The van der Waals surface area contributed by atoms with Gasteiger partial charge in [-0.3, -0.25) is 0 Å². The van der Waals surface area contributed by atoms with E-state index < -0.39 is 5.60 Å². The van der Waals surface area contributed by atoms with Crippen LogP contribution in [0.15, 0.2) is 12.7 Å². The lowest BCUT2D eigenvalue weighted by molar-refractivity contribution is 0.0674. The molecule has 1 atom stereocenters. The zero-order valence-corrected chi connectivity index (χ0v) is 13.0. The third-order valence-electron chi connectivity index (χ3n) is 3.47. The van der Waals surface area contributed by atoms with E-state index in [-0.39, 0.29) is 0 Å². The molecule has 0 aromatic carbocycles. The molecule has 1 saturated heterocycles. The van der Waals surface area contributed by atoms with Crippen molar-refractivity contribution in [2.75, 3.05) is 24.7 Å². The summed E-state index contributed by atoms with van der Waals surface area (Å²) in [7, 11) is 1.87. The highest BCUT2D eigenvalue weighted by Gasteiger charge is 2.31. The van der Waals surface area contributed by atoms with E-state index in [1.807, 2.05) is 14.0 Å². The minimum absolute atomic E-state index is 0.465. The minimum atomic E-state index is -0.567. The van der Waals surface area contributed by atoms with E-state index in [2.05, 4.69) is 17.0 Å². The molecule has 2 rings (SSSR count). The highest BCUT2D eigenvalue weighted by Crippen LogP contribution is 2.27. The van der Waals surface area contributed by atoms with E-state index in [0.717, 1.165) is 35.1 Å². The molecule has 1 aliphatic heterocycles. The standard InChI is InChI=1S/C14H23N3O2S/c1-4-6-19-13-12(11(2)16-17(13)3)8-15-9-14(18)5-7-20-10-14/h4,15,18H,1,5-10H2,2-3H3. The van der Waals surface area contributed by atoms with Gasteiger partial charge in [0.2, 0.25) is 5.88 Å². The van der Waals surface area contributed by atoms with Gasteiger partial charge in [0, 0.05) is 25.9 Å². The Morgan fingerprint density at radius 2 is 2.45 bits per heavy atom. The van der Waals surface area contributed by atoms with Gasteiger partial charge in [-0.15, -0.1) is 0 Å². The van der Waals surface area contributed by atoms with Crippen LogP contribution in [0.5, 0.6) is 5.88 Å². The summed E-state index contributed by atoms with van der Waals surface area (Å²) >= 11 is 1.81. The van der Waals surface area contributed by atoms with E-state index in [1.54, 1.807) is 22.5 Å². The van der Waals surface area contributed by atoms with Gasteiger partial charge in [0.05, 0.1) is 16.9 Å². The predicted molar refractivity (Wildman–Crippen MR) is 82.2 cm³/mol. The molecule has 1 fully saturated rings. The summed E-state index contributed by atoms with van der Waals surface area (Å²) in [6, 6.07) is 0. The number of hydrogen-bond acceptors (Lipinski definition) is 5. The van der Waals surface area contributed by atoms with Crippen LogP contribution >= 0.6 is 11.8 Å². The van der Waals surface area contributed by atoms with Gasteiger partial charge < -0.3 is 15.2 Å². The number of aryl methyl sites for hydroxylation is 2. The Labute approximate surface area is 124 Å². The average molecular weight is 297 g/mol. The zero-order chi connectivity index (χ0) is 14.6. The van der Waals surface area contributed by atoms with Crippen LogP contribution in [0.25, 0.3) is 0 Å². The third-order valence-corrected chi connectivity index (χ3v) is 4.70. The first-order chi connectivity index (χ1) is 9.56. The molecule has 20 heavy (non-hydrogen) atoms. The lowest BCUT2D eigenvalue weighted by Gasteiger charge is -2.21. The molecule has 112 valence electrons. The maximum Gasteiger partial charge on any atom is 0.216 e. The first-order valence-electron chi connectivity index (χ1n) is 6.83. The normalized spacial score (nSPS) is 22.1. The molecule has 5 nitrogen and oxygen atoms in total. The minimum Gasteiger partial charge on any atom is -0.473 e. The van der Waals surface area contributed by atoms with Crippen LogP contribution in [0.2, 0.25) is 0 Å². The van der Waals surface area contributed by atoms with Gasteiger partial charge in [-0.2, -0.15) is 16.9 Å². The van der Waals surface area contributed by atoms with Crippen LogP contribution in [-0.2, 0) is 13.6 Å². The van der Waals surface area contributed by atoms with E-state index >= 15 is 0 Å². The van der Waals surface area contributed by atoms with Gasteiger partial charge in [-0.1, -0.05) is 12.7 Å². The molecular formula is C14H23N3O2S. The highest BCUT2D eigenvalue weighted by molar-refractivity contribution is 7.99. The molecule has 1 aliphatic rings. The number of ether oxygens (including phenoxy) is 1. The van der Waals surface area contributed by atoms with Gasteiger partial charge >= 0.3 is 0 Å². The quantitative estimate of drug-likeness (QED) is 0.742. The summed E-state index contributed by atoms with van der Waals surface area (Å²) in [6.45, 7) is 7.35. The van der Waals surface area contributed by atoms with Gasteiger partial charge in [0.25, 0.3) is 0 Å². The first kappa shape index (κ1) is 15.4. The number of hydrogen-bond donors (Lipinski definition) is 2. The van der Waals surface area contributed by atoms with Crippen LogP contribution in [0, 0.1) is 6.92 Å². The molecule has 1 aromatic heterocycles. The highest BCUT2D eigenvalue weighted by atomic mass is 32.2. The van der Waals surface area contributed by atoms with Crippen LogP contribution in [0.1, 0.15) is 17.7 Å². The van der Waals surface area contributed by atoms with Crippen LogP contribution < -0.4 is 10.1 Å². The van der Waals surface area contributed by atoms with E-state index in [9.17, 15) is 5.11 Å². The number of rotatable bonds is 7. The second-order valence-electron chi connectivity index (χ2n) is 5.22. The maximum atomic E-state index is 10.3. The fraction of sp³-hybridized carbons (Fsp3) is 0.643. The van der Waals surface area contributed by atoms with E-state index in [0.29, 0.717) is 19.7 Å². The van der Waals surface area contributed by atoms with E-state index in [1.165, 1.54) is 0 Å². The summed E-state index contributed by atoms with van der Waals surface area (Å²) in [6.07, 6.45) is 2.58. The molecule has 2 N–H and O–H groups in total. The summed E-state index contributed by atoms with van der Waals surface area (Å²) < 4.78 is 7.41. The van der Waals surface area contributed by atoms with Crippen molar-refractivity contribution in [2.45, 2.75) is 25.5 Å². The van der Waals surface area contributed by atoms with Crippen molar-refractivity contribution in [2.24, 2.45) is 7.05 Å². The van der Waals surface area contributed by atoms with Crippen LogP contribution in [0.3, 0.4) is 0 Å². The Hall–Kier alpha value is -0.980. The molecule has 0 radical (unpaired) electrons. The fourth-order valence-corrected chi connectivity index (χ4v) is 3.65. The van der Waals surface area contributed by atoms with Crippen molar-refractivity contribution in [3.05, 3.63) is 23.9 Å². The molecule has 0 amide bonds. The third kappa shape index (κ3) is 3.56. The molecule has 1 aromatic rings. The lowest BCUT2D eigenvalue weighted by atomic mass is 10.0. The molecule has 0 aliphatic carbocycles. The van der Waals surface area contributed by atoms with Gasteiger partial charge in [-0.25, -0.2) is 4.68 Å². The average Bonchev–Trinajstić information content (AvgIpc) is 2.93. The number of thioether (sulfide) groups is 1.